The molecule has 0 spiro atoms. The van der Waals surface area contributed by atoms with Gasteiger partial charge in [0.05, 0.1) is 19.8 Å². The van der Waals surface area contributed by atoms with Crippen LogP contribution in [0.5, 0.6) is 11.5 Å². The molecular weight excluding hydrogens is 494 g/mol. The maximum absolute atomic E-state index is 13.6. The molecule has 1 saturated carbocycles. The number of piperazine rings is 1. The monoisotopic (exact) mass is 529 g/mol. The van der Waals surface area contributed by atoms with Crippen molar-refractivity contribution in [1.82, 2.24) is 30.1 Å². The molecule has 1 N–H and O–H groups in total. The number of nitrogens with one attached hydrogen (secondary N) is 1. The van der Waals surface area contributed by atoms with Crippen molar-refractivity contribution in [2.24, 2.45) is 0 Å². The Balaban J connectivity index is 1.36. The number of anilines is 1. The summed E-state index contributed by atoms with van der Waals surface area (Å²) in [6.07, 6.45) is 4.46. The molecule has 2 fully saturated rings. The highest BCUT2D eigenvalue weighted by molar-refractivity contribution is 5.80. The van der Waals surface area contributed by atoms with Crippen LogP contribution in [0.15, 0.2) is 53.3 Å². The first-order chi connectivity index (χ1) is 19.1. The van der Waals surface area contributed by atoms with E-state index in [-0.39, 0.29) is 17.6 Å². The van der Waals surface area contributed by atoms with Crippen molar-refractivity contribution >= 4 is 16.6 Å². The molecule has 204 valence electrons. The minimum atomic E-state index is -0.359. The molecule has 1 saturated heterocycles. The van der Waals surface area contributed by atoms with Gasteiger partial charge in [-0.15, -0.1) is 5.10 Å². The Bertz CT molecular complexity index is 1470. The first kappa shape index (κ1) is 25.4. The molecule has 2 aromatic carbocycles. The minimum absolute atomic E-state index is 0.116. The summed E-state index contributed by atoms with van der Waals surface area (Å²) >= 11 is 0. The lowest BCUT2D eigenvalue weighted by Crippen LogP contribution is -2.49. The lowest BCUT2D eigenvalue weighted by atomic mass is 10.0. The molecule has 39 heavy (non-hydrogen) atoms. The third-order valence-electron chi connectivity index (χ3n) is 8.00. The van der Waals surface area contributed by atoms with Crippen LogP contribution in [0.2, 0.25) is 0 Å². The van der Waals surface area contributed by atoms with Gasteiger partial charge >= 0.3 is 0 Å². The number of H-pyrrole nitrogens is 1. The molecule has 10 heteroatoms. The minimum Gasteiger partial charge on any atom is -0.497 e. The smallest absolute Gasteiger partial charge is 0.253 e. The van der Waals surface area contributed by atoms with Crippen molar-refractivity contribution in [1.29, 1.82) is 0 Å². The number of nitrogens with zero attached hydrogens (tertiary/aromatic N) is 6. The van der Waals surface area contributed by atoms with Crippen LogP contribution < -0.4 is 19.9 Å². The predicted molar refractivity (Wildman–Crippen MR) is 150 cm³/mol. The van der Waals surface area contributed by atoms with Crippen molar-refractivity contribution in [3.05, 3.63) is 70.3 Å². The fourth-order valence-corrected chi connectivity index (χ4v) is 5.98. The topological polar surface area (TPSA) is 101 Å². The number of tetrazole rings is 1. The van der Waals surface area contributed by atoms with Crippen molar-refractivity contribution in [3.8, 4) is 11.5 Å². The molecule has 3 heterocycles. The summed E-state index contributed by atoms with van der Waals surface area (Å²) in [5.74, 6) is 2.37. The molecule has 1 aliphatic carbocycles. The molecule has 1 atom stereocenters. The summed E-state index contributed by atoms with van der Waals surface area (Å²) in [6.45, 7) is 5.74. The van der Waals surface area contributed by atoms with Gasteiger partial charge in [0, 0.05) is 48.3 Å². The molecule has 2 aliphatic rings. The van der Waals surface area contributed by atoms with Crippen LogP contribution in [-0.2, 0) is 0 Å². The first-order valence-corrected chi connectivity index (χ1v) is 13.8. The van der Waals surface area contributed by atoms with Gasteiger partial charge in [-0.1, -0.05) is 12.8 Å². The van der Waals surface area contributed by atoms with Crippen LogP contribution in [-0.4, -0.2) is 70.0 Å². The third kappa shape index (κ3) is 5.08. The molecule has 2 aromatic heterocycles. The van der Waals surface area contributed by atoms with Crippen molar-refractivity contribution in [3.63, 3.8) is 0 Å². The van der Waals surface area contributed by atoms with Crippen LogP contribution >= 0.6 is 0 Å². The van der Waals surface area contributed by atoms with Gasteiger partial charge in [0.15, 0.2) is 5.82 Å². The number of aromatic amines is 1. The number of pyridine rings is 1. The number of hydrogen-bond acceptors (Lipinski definition) is 8. The number of fused-ring (bicyclic) bond motifs is 1. The summed E-state index contributed by atoms with van der Waals surface area (Å²) in [5.41, 5.74) is 2.48. The van der Waals surface area contributed by atoms with Gasteiger partial charge in [-0.3, -0.25) is 9.69 Å². The zero-order valence-corrected chi connectivity index (χ0v) is 22.5. The average molecular weight is 530 g/mol. The number of methoxy groups -OCH3 is 1. The second-order valence-corrected chi connectivity index (χ2v) is 10.3. The zero-order chi connectivity index (χ0) is 26.8. The van der Waals surface area contributed by atoms with Crippen LogP contribution in [0.3, 0.4) is 0 Å². The van der Waals surface area contributed by atoms with Gasteiger partial charge in [0.1, 0.15) is 17.5 Å². The number of benzene rings is 2. The average Bonchev–Trinajstić information content (AvgIpc) is 3.67. The maximum Gasteiger partial charge on any atom is 0.253 e. The SMILES string of the molecule is CCOc1ccc2[nH]c(=O)c(C(c3nnnn3C3CCCC3)N3CCN(c4ccc(OC)cc4)CC3)cc2c1. The van der Waals surface area contributed by atoms with E-state index in [9.17, 15) is 4.79 Å². The van der Waals surface area contributed by atoms with Gasteiger partial charge in [-0.05, 0) is 78.7 Å². The summed E-state index contributed by atoms with van der Waals surface area (Å²) in [7, 11) is 1.68. The van der Waals surface area contributed by atoms with Crippen LogP contribution in [0.4, 0.5) is 5.69 Å². The normalized spacial score (nSPS) is 17.5. The Morgan fingerprint density at radius 2 is 1.74 bits per heavy atom. The standard InChI is InChI=1S/C29H35N7O3/c1-3-39-24-12-13-26-20(18-24)19-25(29(37)30-26)27(28-31-32-33-36(28)22-6-4-5-7-22)35-16-14-34(15-17-35)21-8-10-23(38-2)11-9-21/h8-13,18-19,22,27H,3-7,14-17H2,1-2H3,(H,30,37). The Labute approximate surface area is 227 Å². The lowest BCUT2D eigenvalue weighted by molar-refractivity contribution is 0.197. The largest absolute Gasteiger partial charge is 0.497 e. The van der Waals surface area contributed by atoms with E-state index in [2.05, 4.69) is 42.4 Å². The number of hydrogen-bond donors (Lipinski definition) is 1. The second kappa shape index (κ2) is 11.1. The highest BCUT2D eigenvalue weighted by atomic mass is 16.5. The van der Waals surface area contributed by atoms with E-state index >= 15 is 0 Å². The highest BCUT2D eigenvalue weighted by Gasteiger charge is 2.34. The molecule has 10 nitrogen and oxygen atoms in total. The fraction of sp³-hybridized carbons (Fsp3) is 0.448. The predicted octanol–water partition coefficient (Wildman–Crippen LogP) is 3.95. The summed E-state index contributed by atoms with van der Waals surface area (Å²) < 4.78 is 13.0. The maximum atomic E-state index is 13.6. The molecule has 6 rings (SSSR count). The van der Waals surface area contributed by atoms with Crippen molar-refractivity contribution in [2.75, 3.05) is 44.8 Å². The Morgan fingerprint density at radius 3 is 2.46 bits per heavy atom. The fourth-order valence-electron chi connectivity index (χ4n) is 5.98. The highest BCUT2D eigenvalue weighted by Crippen LogP contribution is 2.35. The van der Waals surface area contributed by atoms with Crippen molar-refractivity contribution < 1.29 is 9.47 Å². The molecule has 0 amide bonds. The molecule has 1 unspecified atom stereocenters. The van der Waals surface area contributed by atoms with E-state index in [0.717, 1.165) is 72.9 Å². The number of rotatable bonds is 8. The Kier molecular flexibility index (Phi) is 7.19. The van der Waals surface area contributed by atoms with E-state index in [4.69, 9.17) is 9.47 Å². The van der Waals surface area contributed by atoms with E-state index < -0.39 is 0 Å². The van der Waals surface area contributed by atoms with Gasteiger partial charge in [0.2, 0.25) is 0 Å². The van der Waals surface area contributed by atoms with E-state index in [0.29, 0.717) is 12.2 Å². The third-order valence-corrected chi connectivity index (χ3v) is 8.00. The molecular formula is C29H35N7O3. The van der Waals surface area contributed by atoms with Crippen LogP contribution in [0, 0.1) is 0 Å². The van der Waals surface area contributed by atoms with Crippen LogP contribution in [0.1, 0.15) is 56.1 Å². The lowest BCUT2D eigenvalue weighted by Gasteiger charge is -2.39. The Hall–Kier alpha value is -3.92. The van der Waals surface area contributed by atoms with Gasteiger partial charge in [-0.2, -0.15) is 0 Å². The Morgan fingerprint density at radius 1 is 1.00 bits per heavy atom. The van der Waals surface area contributed by atoms with Crippen LogP contribution in [0.25, 0.3) is 10.9 Å². The number of ether oxygens (including phenoxy) is 2. The van der Waals surface area contributed by atoms with Crippen molar-refractivity contribution in [2.45, 2.75) is 44.7 Å². The van der Waals surface area contributed by atoms with Gasteiger partial charge in [-0.25, -0.2) is 4.68 Å². The summed E-state index contributed by atoms with van der Waals surface area (Å²) in [4.78, 5) is 21.4. The van der Waals surface area contributed by atoms with Gasteiger partial charge in [0.25, 0.3) is 5.56 Å². The zero-order valence-electron chi connectivity index (χ0n) is 22.5. The number of aromatic nitrogens is 5. The van der Waals surface area contributed by atoms with E-state index in [1.165, 1.54) is 12.8 Å². The van der Waals surface area contributed by atoms with Gasteiger partial charge < -0.3 is 19.4 Å². The second-order valence-electron chi connectivity index (χ2n) is 10.3. The summed E-state index contributed by atoms with van der Waals surface area (Å²) in [6, 6.07) is 15.8. The molecule has 4 aromatic rings. The molecule has 1 aliphatic heterocycles. The molecule has 0 radical (unpaired) electrons. The van der Waals surface area contributed by atoms with E-state index in [1.54, 1.807) is 7.11 Å². The van der Waals surface area contributed by atoms with E-state index in [1.807, 2.05) is 48.0 Å². The quantitative estimate of drug-likeness (QED) is 0.366. The first-order valence-electron chi connectivity index (χ1n) is 13.8. The summed E-state index contributed by atoms with van der Waals surface area (Å²) in [5, 5.41) is 14.0. The molecule has 0 bridgehead atoms.